The van der Waals surface area contributed by atoms with Crippen molar-refractivity contribution in [2.75, 3.05) is 5.32 Å². The Bertz CT molecular complexity index is 720. The van der Waals surface area contributed by atoms with E-state index in [0.29, 0.717) is 12.2 Å². The van der Waals surface area contributed by atoms with Crippen LogP contribution in [0.15, 0.2) is 16.9 Å². The monoisotopic (exact) mass is 368 g/mol. The molecule has 0 aromatic carbocycles. The highest BCUT2D eigenvalue weighted by atomic mass is 79.9. The molecule has 1 atom stereocenters. The third-order valence-electron chi connectivity index (χ3n) is 3.31. The number of carbonyl (C=O) groups is 2. The van der Waals surface area contributed by atoms with Gasteiger partial charge < -0.3 is 11.1 Å². The fourth-order valence-corrected chi connectivity index (χ4v) is 2.27. The number of hydrogen-bond acceptors (Lipinski definition) is 4. The quantitative estimate of drug-likeness (QED) is 0.832. The van der Waals surface area contributed by atoms with Gasteiger partial charge in [0.2, 0.25) is 5.91 Å². The molecule has 0 spiro atoms. The molecule has 1 unspecified atom stereocenters. The van der Waals surface area contributed by atoms with Gasteiger partial charge in [-0.3, -0.25) is 19.0 Å². The van der Waals surface area contributed by atoms with Crippen LogP contribution in [0.2, 0.25) is 0 Å². The fourth-order valence-electron chi connectivity index (χ4n) is 2.00. The molecule has 3 N–H and O–H groups in total. The average Bonchev–Trinajstić information content (AvgIpc) is 3.03. The summed E-state index contributed by atoms with van der Waals surface area (Å²) in [5.74, 6) is -0.995. The van der Waals surface area contributed by atoms with Crippen LogP contribution in [0.5, 0.6) is 0 Å². The third-order valence-corrected chi connectivity index (χ3v) is 4.09. The van der Waals surface area contributed by atoms with E-state index < -0.39 is 11.9 Å². The number of primary amides is 1. The predicted molar refractivity (Wildman–Crippen MR) is 84.4 cm³/mol. The summed E-state index contributed by atoms with van der Waals surface area (Å²) < 4.78 is 3.95. The van der Waals surface area contributed by atoms with E-state index in [1.165, 1.54) is 4.68 Å². The van der Waals surface area contributed by atoms with Crippen molar-refractivity contribution in [1.29, 1.82) is 0 Å². The number of nitrogens with one attached hydrogen (secondary N) is 1. The van der Waals surface area contributed by atoms with Gasteiger partial charge in [0.1, 0.15) is 6.04 Å². The first-order valence-corrected chi connectivity index (χ1v) is 7.52. The highest BCUT2D eigenvalue weighted by Gasteiger charge is 2.22. The topological polar surface area (TPSA) is 108 Å². The molecule has 2 aromatic rings. The SMILES string of the molecule is CCn1cc(NC(=O)C(C)n2ncc(Br)c2C)c(C(N)=O)n1. The number of carbonyl (C=O) groups excluding carboxylic acids is 2. The molecule has 2 rings (SSSR count). The molecule has 9 heteroatoms. The van der Waals surface area contributed by atoms with Gasteiger partial charge in [0.25, 0.3) is 5.91 Å². The Morgan fingerprint density at radius 1 is 1.50 bits per heavy atom. The van der Waals surface area contributed by atoms with Crippen LogP contribution >= 0.6 is 15.9 Å². The van der Waals surface area contributed by atoms with Crippen LogP contribution in [0.4, 0.5) is 5.69 Å². The summed E-state index contributed by atoms with van der Waals surface area (Å²) in [6.45, 7) is 6.01. The van der Waals surface area contributed by atoms with Gasteiger partial charge >= 0.3 is 0 Å². The van der Waals surface area contributed by atoms with Gasteiger partial charge in [0.15, 0.2) is 5.69 Å². The molecular formula is C13H17BrN6O2. The van der Waals surface area contributed by atoms with E-state index in [1.807, 2.05) is 13.8 Å². The number of amides is 2. The van der Waals surface area contributed by atoms with Crippen LogP contribution in [0.3, 0.4) is 0 Å². The summed E-state index contributed by atoms with van der Waals surface area (Å²) in [5.41, 5.74) is 6.46. The molecule has 0 aliphatic heterocycles. The Labute approximate surface area is 135 Å². The van der Waals surface area contributed by atoms with E-state index in [4.69, 9.17) is 5.73 Å². The summed E-state index contributed by atoms with van der Waals surface area (Å²) in [7, 11) is 0. The van der Waals surface area contributed by atoms with Gasteiger partial charge in [-0.05, 0) is 36.7 Å². The van der Waals surface area contributed by atoms with Crippen LogP contribution in [-0.4, -0.2) is 31.4 Å². The van der Waals surface area contributed by atoms with Crippen LogP contribution in [0.1, 0.15) is 36.1 Å². The van der Waals surface area contributed by atoms with Crippen molar-refractivity contribution in [3.63, 3.8) is 0 Å². The Hall–Kier alpha value is -2.16. The third kappa shape index (κ3) is 3.03. The number of nitrogens with two attached hydrogens (primary N) is 1. The molecule has 0 saturated carbocycles. The second-order valence-corrected chi connectivity index (χ2v) is 5.65. The van der Waals surface area contributed by atoms with Gasteiger partial charge in [0, 0.05) is 12.7 Å². The lowest BCUT2D eigenvalue weighted by Gasteiger charge is -2.14. The molecule has 0 fully saturated rings. The van der Waals surface area contributed by atoms with E-state index in [2.05, 4.69) is 31.4 Å². The zero-order valence-electron chi connectivity index (χ0n) is 12.5. The second kappa shape index (κ2) is 6.30. The maximum Gasteiger partial charge on any atom is 0.271 e. The number of nitrogens with zero attached hydrogens (tertiary/aromatic N) is 4. The lowest BCUT2D eigenvalue weighted by molar-refractivity contribution is -0.119. The molecule has 2 amide bonds. The number of halogens is 1. The van der Waals surface area contributed by atoms with E-state index >= 15 is 0 Å². The Morgan fingerprint density at radius 2 is 2.18 bits per heavy atom. The predicted octanol–water partition coefficient (Wildman–Crippen LogP) is 1.47. The number of hydrogen-bond donors (Lipinski definition) is 2. The second-order valence-electron chi connectivity index (χ2n) is 4.80. The lowest BCUT2D eigenvalue weighted by atomic mass is 10.2. The Morgan fingerprint density at radius 3 is 2.68 bits per heavy atom. The van der Waals surface area contributed by atoms with Gasteiger partial charge in [0.05, 0.1) is 22.1 Å². The van der Waals surface area contributed by atoms with Gasteiger partial charge in [-0.2, -0.15) is 10.2 Å². The lowest BCUT2D eigenvalue weighted by Crippen LogP contribution is -2.26. The minimum atomic E-state index is -0.687. The van der Waals surface area contributed by atoms with Crippen molar-refractivity contribution < 1.29 is 9.59 Å². The highest BCUT2D eigenvalue weighted by Crippen LogP contribution is 2.20. The molecule has 0 aliphatic carbocycles. The molecule has 2 aromatic heterocycles. The molecule has 8 nitrogen and oxygen atoms in total. The van der Waals surface area contributed by atoms with Crippen LogP contribution in [0, 0.1) is 6.92 Å². The number of aromatic nitrogens is 4. The van der Waals surface area contributed by atoms with Crippen molar-refractivity contribution in [1.82, 2.24) is 19.6 Å². The first-order chi connectivity index (χ1) is 10.3. The molecule has 0 radical (unpaired) electrons. The summed E-state index contributed by atoms with van der Waals surface area (Å²) in [5, 5.41) is 10.9. The summed E-state index contributed by atoms with van der Waals surface area (Å²) in [4.78, 5) is 23.8. The standard InChI is InChI=1S/C13H17BrN6O2/c1-4-19-6-10(11(18-19)12(15)21)17-13(22)8(3)20-7(2)9(14)5-16-20/h5-6,8H,4H2,1-3H3,(H2,15,21)(H,17,22). The zero-order chi connectivity index (χ0) is 16.4. The van der Waals surface area contributed by atoms with Crippen molar-refractivity contribution in [2.24, 2.45) is 5.73 Å². The molecule has 118 valence electrons. The van der Waals surface area contributed by atoms with Gasteiger partial charge in [-0.1, -0.05) is 0 Å². The molecular weight excluding hydrogens is 352 g/mol. The van der Waals surface area contributed by atoms with Crippen LogP contribution in [0.25, 0.3) is 0 Å². The number of anilines is 1. The first-order valence-electron chi connectivity index (χ1n) is 6.72. The van der Waals surface area contributed by atoms with Crippen LogP contribution < -0.4 is 11.1 Å². The Balaban J connectivity index is 2.23. The molecule has 2 heterocycles. The van der Waals surface area contributed by atoms with Crippen molar-refractivity contribution in [3.05, 3.63) is 28.3 Å². The van der Waals surface area contributed by atoms with E-state index in [9.17, 15) is 9.59 Å². The maximum absolute atomic E-state index is 12.4. The van der Waals surface area contributed by atoms with Gasteiger partial charge in [-0.25, -0.2) is 0 Å². The number of aryl methyl sites for hydroxylation is 1. The van der Waals surface area contributed by atoms with Crippen molar-refractivity contribution in [2.45, 2.75) is 33.4 Å². The minimum absolute atomic E-state index is 0.0424. The summed E-state index contributed by atoms with van der Waals surface area (Å²) >= 11 is 3.35. The Kier molecular flexibility index (Phi) is 4.65. The first kappa shape index (κ1) is 16.2. The number of rotatable bonds is 5. The van der Waals surface area contributed by atoms with Crippen LogP contribution in [-0.2, 0) is 11.3 Å². The van der Waals surface area contributed by atoms with E-state index in [0.717, 1.165) is 10.2 Å². The molecule has 0 saturated heterocycles. The fraction of sp³-hybridized carbons (Fsp3) is 0.385. The molecule has 0 bridgehead atoms. The highest BCUT2D eigenvalue weighted by molar-refractivity contribution is 9.10. The minimum Gasteiger partial charge on any atom is -0.364 e. The van der Waals surface area contributed by atoms with E-state index in [-0.39, 0.29) is 11.6 Å². The summed E-state index contributed by atoms with van der Waals surface area (Å²) in [6.07, 6.45) is 3.21. The van der Waals surface area contributed by atoms with Crippen molar-refractivity contribution in [3.8, 4) is 0 Å². The zero-order valence-corrected chi connectivity index (χ0v) is 14.1. The smallest absolute Gasteiger partial charge is 0.271 e. The van der Waals surface area contributed by atoms with E-state index in [1.54, 1.807) is 24.0 Å². The summed E-state index contributed by atoms with van der Waals surface area (Å²) in [6, 6.07) is -0.544. The normalized spacial score (nSPS) is 12.2. The average molecular weight is 369 g/mol. The molecule has 22 heavy (non-hydrogen) atoms. The largest absolute Gasteiger partial charge is 0.364 e. The maximum atomic E-state index is 12.4. The van der Waals surface area contributed by atoms with Crippen molar-refractivity contribution >= 4 is 33.4 Å². The molecule has 0 aliphatic rings. The van der Waals surface area contributed by atoms with Gasteiger partial charge in [-0.15, -0.1) is 0 Å².